The Balaban J connectivity index is 2.46. The van der Waals surface area contributed by atoms with E-state index in [1.54, 1.807) is 11.3 Å². The molecule has 2 N–H and O–H groups in total. The largest absolute Gasteiger partial charge is 0.383 e. The van der Waals surface area contributed by atoms with Gasteiger partial charge in [0.25, 0.3) is 0 Å². The number of thiophene rings is 1. The molecule has 0 aromatic carbocycles. The first-order valence-electron chi connectivity index (χ1n) is 5.55. The molecule has 0 amide bonds. The van der Waals surface area contributed by atoms with Crippen LogP contribution in [0.2, 0.25) is 0 Å². The van der Waals surface area contributed by atoms with Crippen LogP contribution in [0.4, 0.5) is 5.82 Å². The first kappa shape index (κ1) is 14.2. The molecule has 0 aliphatic rings. The second kappa shape index (κ2) is 5.83. The lowest BCUT2D eigenvalue weighted by Crippen LogP contribution is -2.07. The molecule has 0 aliphatic carbocycles. The average molecular weight is 438 g/mol. The summed E-state index contributed by atoms with van der Waals surface area (Å²) in [5.41, 5.74) is 7.02. The Hall–Kier alpha value is -0.210. The normalized spacial score (nSPS) is 11.2. The molecule has 0 atom stereocenters. The van der Waals surface area contributed by atoms with E-state index in [0.29, 0.717) is 11.7 Å². The van der Waals surface area contributed by atoms with Gasteiger partial charge in [0.05, 0.1) is 17.9 Å². The number of rotatable bonds is 3. The van der Waals surface area contributed by atoms with Crippen LogP contribution in [-0.2, 0) is 6.42 Å². The molecule has 2 rings (SSSR count). The van der Waals surface area contributed by atoms with E-state index in [1.165, 1.54) is 0 Å². The van der Waals surface area contributed by atoms with Crippen molar-refractivity contribution in [3.63, 3.8) is 0 Å². The fourth-order valence-electron chi connectivity index (χ4n) is 1.58. The molecule has 0 bridgehead atoms. The Labute approximate surface area is 132 Å². The van der Waals surface area contributed by atoms with Crippen molar-refractivity contribution in [2.24, 2.45) is 5.92 Å². The first-order valence-corrected chi connectivity index (χ1v) is 8.23. The minimum absolute atomic E-state index is 0.552. The van der Waals surface area contributed by atoms with E-state index in [9.17, 15) is 0 Å². The lowest BCUT2D eigenvalue weighted by molar-refractivity contribution is 0.632. The highest BCUT2D eigenvalue weighted by Gasteiger charge is 2.13. The van der Waals surface area contributed by atoms with E-state index >= 15 is 0 Å². The van der Waals surface area contributed by atoms with Crippen molar-refractivity contribution in [3.05, 3.63) is 25.2 Å². The quantitative estimate of drug-likeness (QED) is 0.726. The van der Waals surface area contributed by atoms with Gasteiger partial charge in [-0.25, -0.2) is 9.97 Å². The molecular formula is C12H13BrIN3S. The van der Waals surface area contributed by atoms with Crippen LogP contribution in [0.3, 0.4) is 0 Å². The molecule has 0 saturated carbocycles. The minimum Gasteiger partial charge on any atom is -0.383 e. The monoisotopic (exact) mass is 437 g/mol. The van der Waals surface area contributed by atoms with E-state index in [0.717, 1.165) is 30.2 Å². The van der Waals surface area contributed by atoms with Crippen LogP contribution in [0, 0.1) is 9.49 Å². The maximum absolute atomic E-state index is 5.98. The number of nitrogen functional groups attached to an aromatic ring is 1. The van der Waals surface area contributed by atoms with Crippen LogP contribution in [0.5, 0.6) is 0 Å². The molecule has 3 nitrogen and oxygen atoms in total. The maximum atomic E-state index is 5.98. The van der Waals surface area contributed by atoms with E-state index in [-0.39, 0.29) is 0 Å². The Morgan fingerprint density at radius 2 is 2.11 bits per heavy atom. The second-order valence-electron chi connectivity index (χ2n) is 4.39. The van der Waals surface area contributed by atoms with Gasteiger partial charge in [0.2, 0.25) is 0 Å². The number of hydrogen-bond donors (Lipinski definition) is 1. The van der Waals surface area contributed by atoms with Gasteiger partial charge in [0, 0.05) is 0 Å². The molecule has 0 unspecified atom stereocenters. The van der Waals surface area contributed by atoms with Crippen LogP contribution in [-0.4, -0.2) is 9.97 Å². The van der Waals surface area contributed by atoms with Crippen molar-refractivity contribution in [2.45, 2.75) is 20.3 Å². The van der Waals surface area contributed by atoms with Crippen molar-refractivity contribution in [1.29, 1.82) is 0 Å². The summed E-state index contributed by atoms with van der Waals surface area (Å²) < 4.78 is 2.05. The third kappa shape index (κ3) is 3.21. The molecule has 0 saturated heterocycles. The van der Waals surface area contributed by atoms with Gasteiger partial charge in [-0.15, -0.1) is 11.3 Å². The van der Waals surface area contributed by atoms with Crippen LogP contribution >= 0.6 is 49.9 Å². The lowest BCUT2D eigenvalue weighted by atomic mass is 10.1. The van der Waals surface area contributed by atoms with E-state index in [1.807, 2.05) is 12.1 Å². The SMILES string of the molecule is CC(C)Cc1nc(-c2ccc(Br)s2)nc(N)c1I. The van der Waals surface area contributed by atoms with Gasteiger partial charge >= 0.3 is 0 Å². The molecule has 0 aliphatic heterocycles. The standard InChI is InChI=1S/C12H13BrIN3S/c1-6(2)5-7-10(14)11(15)17-12(16-7)8-3-4-9(13)18-8/h3-4,6H,5H2,1-2H3,(H2,15,16,17). The van der Waals surface area contributed by atoms with Gasteiger partial charge in [-0.3, -0.25) is 0 Å². The number of hydrogen-bond acceptors (Lipinski definition) is 4. The Morgan fingerprint density at radius 1 is 1.39 bits per heavy atom. The summed E-state index contributed by atoms with van der Waals surface area (Å²) in [7, 11) is 0. The molecule has 2 aromatic heterocycles. The summed E-state index contributed by atoms with van der Waals surface area (Å²) in [6.45, 7) is 4.35. The van der Waals surface area contributed by atoms with E-state index in [2.05, 4.69) is 62.3 Å². The summed E-state index contributed by atoms with van der Waals surface area (Å²) in [5.74, 6) is 1.84. The van der Waals surface area contributed by atoms with Crippen molar-refractivity contribution in [3.8, 4) is 10.7 Å². The molecule has 0 fully saturated rings. The van der Waals surface area contributed by atoms with Gasteiger partial charge in [-0.1, -0.05) is 13.8 Å². The predicted molar refractivity (Wildman–Crippen MR) is 88.7 cm³/mol. The number of anilines is 1. The number of nitrogens with two attached hydrogens (primary N) is 1. The zero-order chi connectivity index (χ0) is 13.3. The molecule has 2 heterocycles. The van der Waals surface area contributed by atoms with Crippen LogP contribution in [0.1, 0.15) is 19.5 Å². The third-order valence-corrected chi connectivity index (χ3v) is 5.14. The molecule has 0 spiro atoms. The zero-order valence-electron chi connectivity index (χ0n) is 10.1. The summed E-state index contributed by atoms with van der Waals surface area (Å²) in [6, 6.07) is 4.01. The molecule has 18 heavy (non-hydrogen) atoms. The summed E-state index contributed by atoms with van der Waals surface area (Å²) >= 11 is 7.29. The van der Waals surface area contributed by atoms with Crippen molar-refractivity contribution < 1.29 is 0 Å². The highest BCUT2D eigenvalue weighted by molar-refractivity contribution is 14.1. The molecular weight excluding hydrogens is 425 g/mol. The number of halogens is 2. The third-order valence-electron chi connectivity index (χ3n) is 2.34. The predicted octanol–water partition coefficient (Wildman–Crippen LogP) is 4.35. The molecule has 2 aromatic rings. The van der Waals surface area contributed by atoms with Gasteiger partial charge < -0.3 is 5.73 Å². The number of nitrogens with zero attached hydrogens (tertiary/aromatic N) is 2. The topological polar surface area (TPSA) is 51.8 Å². The summed E-state index contributed by atoms with van der Waals surface area (Å²) in [5, 5.41) is 0. The average Bonchev–Trinajstić information content (AvgIpc) is 2.70. The van der Waals surface area contributed by atoms with E-state index < -0.39 is 0 Å². The molecule has 96 valence electrons. The Bertz CT molecular complexity index is 568. The fraction of sp³-hybridized carbons (Fsp3) is 0.333. The summed E-state index contributed by atoms with van der Waals surface area (Å²) in [6.07, 6.45) is 0.921. The van der Waals surface area contributed by atoms with Crippen molar-refractivity contribution in [1.82, 2.24) is 9.97 Å². The lowest BCUT2D eigenvalue weighted by Gasteiger charge is -2.10. The second-order valence-corrected chi connectivity index (χ2v) is 7.94. The molecule has 0 radical (unpaired) electrons. The maximum Gasteiger partial charge on any atom is 0.171 e. The summed E-state index contributed by atoms with van der Waals surface area (Å²) in [4.78, 5) is 10.1. The minimum atomic E-state index is 0.552. The highest BCUT2D eigenvalue weighted by atomic mass is 127. The van der Waals surface area contributed by atoms with Crippen LogP contribution < -0.4 is 5.73 Å². The zero-order valence-corrected chi connectivity index (χ0v) is 14.6. The number of aromatic nitrogens is 2. The van der Waals surface area contributed by atoms with Crippen LogP contribution in [0.25, 0.3) is 10.7 Å². The van der Waals surface area contributed by atoms with Gasteiger partial charge in [-0.05, 0) is 63.0 Å². The highest BCUT2D eigenvalue weighted by Crippen LogP contribution is 2.31. The Kier molecular flexibility index (Phi) is 4.60. The Morgan fingerprint density at radius 3 is 2.67 bits per heavy atom. The van der Waals surface area contributed by atoms with Gasteiger partial charge in [0.1, 0.15) is 5.82 Å². The smallest absolute Gasteiger partial charge is 0.171 e. The van der Waals surface area contributed by atoms with Crippen molar-refractivity contribution >= 4 is 55.7 Å². The van der Waals surface area contributed by atoms with Gasteiger partial charge in [0.15, 0.2) is 5.82 Å². The van der Waals surface area contributed by atoms with Crippen LogP contribution in [0.15, 0.2) is 15.9 Å². The van der Waals surface area contributed by atoms with E-state index in [4.69, 9.17) is 5.73 Å². The van der Waals surface area contributed by atoms with Gasteiger partial charge in [-0.2, -0.15) is 0 Å². The first-order chi connectivity index (χ1) is 8.47. The molecule has 6 heteroatoms. The fourth-order valence-corrected chi connectivity index (χ4v) is 3.36. The van der Waals surface area contributed by atoms with Crippen molar-refractivity contribution in [2.75, 3.05) is 5.73 Å².